The summed E-state index contributed by atoms with van der Waals surface area (Å²) in [5, 5.41) is 11.2. The molecule has 3 N–H and O–H groups in total. The molecule has 0 saturated heterocycles. The average molecular weight is 332 g/mol. The molecule has 0 aliphatic carbocycles. The zero-order valence-electron chi connectivity index (χ0n) is 11.3. The highest BCUT2D eigenvalue weighted by Crippen LogP contribution is 2.17. The second-order valence-corrected chi connectivity index (χ2v) is 7.10. The molecule has 7 nitrogen and oxygen atoms in total. The van der Waals surface area contributed by atoms with Crippen molar-refractivity contribution in [3.05, 3.63) is 28.0 Å². The summed E-state index contributed by atoms with van der Waals surface area (Å²) in [6.45, 7) is 0.607. The Morgan fingerprint density at radius 2 is 2.05 bits per heavy atom. The van der Waals surface area contributed by atoms with Crippen molar-refractivity contribution in [2.75, 3.05) is 19.3 Å². The smallest absolute Gasteiger partial charge is 0.328 e. The van der Waals surface area contributed by atoms with Gasteiger partial charge < -0.3 is 10.4 Å². The van der Waals surface area contributed by atoms with Crippen LogP contribution in [0, 0.1) is 0 Å². The number of hydrogen-bond acceptors (Lipinski definition) is 5. The van der Waals surface area contributed by atoms with Crippen LogP contribution in [0.1, 0.15) is 21.0 Å². The van der Waals surface area contributed by atoms with Crippen molar-refractivity contribution in [3.63, 3.8) is 0 Å². The summed E-state index contributed by atoms with van der Waals surface area (Å²) in [7, 11) is -3.20. The predicted octanol–water partition coefficient (Wildman–Crippen LogP) is 0.515. The molecule has 1 rings (SSSR count). The standard InChI is InChI=1S/C12H16N2O5S2/c1-21(18,19)14-8-2-7-13-12(17)10-5-3-9(20-10)4-6-11(15)16/h3-6,14H,2,7-8H2,1H3,(H,13,17)(H,15,16)/b6-4+. The van der Waals surface area contributed by atoms with Gasteiger partial charge in [0.2, 0.25) is 10.0 Å². The van der Waals surface area contributed by atoms with Crippen LogP contribution in [0.2, 0.25) is 0 Å². The summed E-state index contributed by atoms with van der Waals surface area (Å²) in [6.07, 6.45) is 3.98. The number of carbonyl (C=O) groups is 2. The first-order valence-electron chi connectivity index (χ1n) is 6.01. The predicted molar refractivity (Wildman–Crippen MR) is 80.8 cm³/mol. The van der Waals surface area contributed by atoms with Gasteiger partial charge in [-0.25, -0.2) is 17.9 Å². The molecule has 0 aromatic carbocycles. The van der Waals surface area contributed by atoms with E-state index in [-0.39, 0.29) is 12.5 Å². The molecule has 0 aliphatic heterocycles. The van der Waals surface area contributed by atoms with Gasteiger partial charge in [-0.2, -0.15) is 0 Å². The lowest BCUT2D eigenvalue weighted by Crippen LogP contribution is -2.28. The lowest BCUT2D eigenvalue weighted by molar-refractivity contribution is -0.131. The van der Waals surface area contributed by atoms with Crippen LogP contribution >= 0.6 is 11.3 Å². The van der Waals surface area contributed by atoms with Crippen LogP contribution in [-0.4, -0.2) is 44.7 Å². The molecule has 1 aromatic rings. The Labute approximate surface area is 126 Å². The minimum Gasteiger partial charge on any atom is -0.478 e. The van der Waals surface area contributed by atoms with Gasteiger partial charge in [-0.3, -0.25) is 4.79 Å². The molecule has 1 aromatic heterocycles. The molecule has 21 heavy (non-hydrogen) atoms. The van der Waals surface area contributed by atoms with Gasteiger partial charge in [-0.1, -0.05) is 0 Å². The van der Waals surface area contributed by atoms with Gasteiger partial charge in [0.05, 0.1) is 11.1 Å². The van der Waals surface area contributed by atoms with Crippen molar-refractivity contribution in [1.29, 1.82) is 0 Å². The van der Waals surface area contributed by atoms with E-state index in [1.807, 2.05) is 0 Å². The van der Waals surface area contributed by atoms with Crippen molar-refractivity contribution >= 4 is 39.3 Å². The number of aliphatic carboxylic acids is 1. The highest BCUT2D eigenvalue weighted by molar-refractivity contribution is 7.88. The number of sulfonamides is 1. The molecule has 1 amide bonds. The minimum atomic E-state index is -3.20. The zero-order valence-corrected chi connectivity index (χ0v) is 13.0. The van der Waals surface area contributed by atoms with Crippen LogP contribution in [0.25, 0.3) is 6.08 Å². The third kappa shape index (κ3) is 7.59. The van der Waals surface area contributed by atoms with Crippen LogP contribution < -0.4 is 10.0 Å². The number of thiophene rings is 1. The van der Waals surface area contributed by atoms with Crippen molar-refractivity contribution in [2.24, 2.45) is 0 Å². The van der Waals surface area contributed by atoms with Gasteiger partial charge in [-0.05, 0) is 24.6 Å². The van der Waals surface area contributed by atoms with Crippen molar-refractivity contribution in [1.82, 2.24) is 10.0 Å². The second-order valence-electron chi connectivity index (χ2n) is 4.15. The van der Waals surface area contributed by atoms with Crippen LogP contribution in [0.4, 0.5) is 0 Å². The molecule has 0 saturated carbocycles. The Kier molecular flexibility index (Phi) is 6.53. The van der Waals surface area contributed by atoms with Gasteiger partial charge in [0.15, 0.2) is 0 Å². The van der Waals surface area contributed by atoms with Gasteiger partial charge in [0, 0.05) is 24.0 Å². The average Bonchev–Trinajstić information content (AvgIpc) is 2.83. The van der Waals surface area contributed by atoms with E-state index < -0.39 is 16.0 Å². The SMILES string of the molecule is CS(=O)(=O)NCCCNC(=O)c1ccc(/C=C/C(=O)O)s1. The number of amides is 1. The van der Waals surface area contributed by atoms with Crippen LogP contribution in [0.3, 0.4) is 0 Å². The molecular formula is C12H16N2O5S2. The number of carboxylic acid groups (broad SMARTS) is 1. The molecule has 0 aliphatic rings. The number of carboxylic acids is 1. The Hall–Kier alpha value is -1.71. The maximum absolute atomic E-state index is 11.8. The third-order valence-corrected chi connectivity index (χ3v) is 4.02. The molecule has 9 heteroatoms. The van der Waals surface area contributed by atoms with E-state index in [2.05, 4.69) is 10.0 Å². The normalized spacial score (nSPS) is 11.7. The minimum absolute atomic E-state index is 0.260. The van der Waals surface area contributed by atoms with Crippen molar-refractivity contribution in [2.45, 2.75) is 6.42 Å². The van der Waals surface area contributed by atoms with Crippen molar-refractivity contribution in [3.8, 4) is 0 Å². The Morgan fingerprint density at radius 3 is 2.67 bits per heavy atom. The largest absolute Gasteiger partial charge is 0.478 e. The van der Waals surface area contributed by atoms with Gasteiger partial charge in [0.1, 0.15) is 0 Å². The first kappa shape index (κ1) is 17.3. The van der Waals surface area contributed by atoms with E-state index in [0.29, 0.717) is 22.7 Å². The molecule has 0 fully saturated rings. The van der Waals surface area contributed by atoms with Gasteiger partial charge >= 0.3 is 5.97 Å². The fourth-order valence-corrected chi connectivity index (χ4v) is 2.70. The lowest BCUT2D eigenvalue weighted by Gasteiger charge is -2.04. The highest BCUT2D eigenvalue weighted by atomic mass is 32.2. The fourth-order valence-electron chi connectivity index (χ4n) is 1.35. The first-order chi connectivity index (χ1) is 9.78. The highest BCUT2D eigenvalue weighted by Gasteiger charge is 2.08. The summed E-state index contributed by atoms with van der Waals surface area (Å²) in [5.74, 6) is -1.32. The number of rotatable bonds is 8. The molecule has 0 bridgehead atoms. The molecule has 0 radical (unpaired) electrons. The quantitative estimate of drug-likeness (QED) is 0.474. The lowest BCUT2D eigenvalue weighted by atomic mass is 10.3. The molecule has 0 spiro atoms. The van der Waals surface area contributed by atoms with E-state index in [1.165, 1.54) is 17.4 Å². The molecule has 0 unspecified atom stereocenters. The summed E-state index contributed by atoms with van der Waals surface area (Å²) in [4.78, 5) is 23.3. The number of carbonyl (C=O) groups excluding carboxylic acids is 1. The Morgan fingerprint density at radius 1 is 1.33 bits per heavy atom. The van der Waals surface area contributed by atoms with E-state index in [1.54, 1.807) is 12.1 Å². The van der Waals surface area contributed by atoms with Crippen molar-refractivity contribution < 1.29 is 23.1 Å². The third-order valence-electron chi connectivity index (χ3n) is 2.24. The molecule has 116 valence electrons. The summed E-state index contributed by atoms with van der Waals surface area (Å²) >= 11 is 1.18. The van der Waals surface area contributed by atoms with E-state index in [4.69, 9.17) is 5.11 Å². The maximum atomic E-state index is 11.8. The maximum Gasteiger partial charge on any atom is 0.328 e. The molecule has 0 atom stereocenters. The fraction of sp³-hybridized carbons (Fsp3) is 0.333. The molecule has 1 heterocycles. The monoisotopic (exact) mass is 332 g/mol. The zero-order chi connectivity index (χ0) is 15.9. The second kappa shape index (κ2) is 7.91. The Bertz CT molecular complexity index is 634. The van der Waals surface area contributed by atoms with E-state index in [9.17, 15) is 18.0 Å². The van der Waals surface area contributed by atoms with Crippen LogP contribution in [-0.2, 0) is 14.8 Å². The number of nitrogens with one attached hydrogen (secondary N) is 2. The van der Waals surface area contributed by atoms with E-state index in [0.717, 1.165) is 12.3 Å². The summed E-state index contributed by atoms with van der Waals surface area (Å²) < 4.78 is 24.0. The van der Waals surface area contributed by atoms with Gasteiger partial charge in [0.25, 0.3) is 5.91 Å². The first-order valence-corrected chi connectivity index (χ1v) is 8.72. The summed E-state index contributed by atoms with van der Waals surface area (Å²) in [6, 6.07) is 3.26. The van der Waals surface area contributed by atoms with E-state index >= 15 is 0 Å². The van der Waals surface area contributed by atoms with Gasteiger partial charge in [-0.15, -0.1) is 11.3 Å². The Balaban J connectivity index is 2.37. The molecular weight excluding hydrogens is 316 g/mol. The van der Waals surface area contributed by atoms with Crippen LogP contribution in [0.15, 0.2) is 18.2 Å². The van der Waals surface area contributed by atoms with Crippen LogP contribution in [0.5, 0.6) is 0 Å². The number of hydrogen-bond donors (Lipinski definition) is 3. The summed E-state index contributed by atoms with van der Waals surface area (Å²) in [5.41, 5.74) is 0. The topological polar surface area (TPSA) is 113 Å².